The minimum absolute atomic E-state index is 0.722. The highest BCUT2D eigenvalue weighted by molar-refractivity contribution is 9.10. The molecule has 0 spiro atoms. The average molecular weight is 266 g/mol. The molecule has 2 aliphatic carbocycles. The second kappa shape index (κ2) is 3.91. The second-order valence-electron chi connectivity index (χ2n) is 4.76. The van der Waals surface area contributed by atoms with Gasteiger partial charge in [0.05, 0.1) is 0 Å². The average Bonchev–Trinajstić information content (AvgIpc) is 3.02. The molecule has 1 aromatic rings. The molecule has 1 fully saturated rings. The molecule has 80 valence electrons. The lowest BCUT2D eigenvalue weighted by molar-refractivity contribution is 0.455. The molecule has 1 atom stereocenters. The van der Waals surface area contributed by atoms with Gasteiger partial charge in [-0.25, -0.2) is 0 Å². The van der Waals surface area contributed by atoms with Gasteiger partial charge >= 0.3 is 0 Å². The van der Waals surface area contributed by atoms with E-state index in [1.165, 1.54) is 47.7 Å². The van der Waals surface area contributed by atoms with Gasteiger partial charge in [0.25, 0.3) is 0 Å². The van der Waals surface area contributed by atoms with Crippen molar-refractivity contribution in [2.24, 2.45) is 0 Å². The molecule has 3 rings (SSSR count). The molecule has 2 aliphatic rings. The Kier molecular flexibility index (Phi) is 2.57. The summed E-state index contributed by atoms with van der Waals surface area (Å²) >= 11 is 3.64. The van der Waals surface area contributed by atoms with Crippen LogP contribution >= 0.6 is 15.9 Å². The van der Waals surface area contributed by atoms with Crippen LogP contribution in [-0.4, -0.2) is 12.1 Å². The molecule has 1 unspecified atom stereocenters. The number of halogens is 1. The number of rotatable bonds is 2. The molecule has 1 nitrogen and oxygen atoms in total. The molecule has 0 amide bonds. The number of nitrogens with one attached hydrogen (secondary N) is 1. The molecule has 1 N–H and O–H groups in total. The third-order valence-electron chi connectivity index (χ3n) is 3.47. The Labute approximate surface area is 99.4 Å². The van der Waals surface area contributed by atoms with Crippen molar-refractivity contribution in [2.75, 3.05) is 0 Å². The van der Waals surface area contributed by atoms with E-state index in [-0.39, 0.29) is 0 Å². The maximum absolute atomic E-state index is 3.74. The Morgan fingerprint density at radius 3 is 2.80 bits per heavy atom. The molecular formula is C13H16BrN. The van der Waals surface area contributed by atoms with Crippen LogP contribution in [0.4, 0.5) is 0 Å². The summed E-state index contributed by atoms with van der Waals surface area (Å²) in [7, 11) is 0. The predicted molar refractivity (Wildman–Crippen MR) is 66.1 cm³/mol. The maximum atomic E-state index is 3.74. The summed E-state index contributed by atoms with van der Waals surface area (Å²) in [5.74, 6) is 0. The van der Waals surface area contributed by atoms with Gasteiger partial charge < -0.3 is 5.32 Å². The summed E-state index contributed by atoms with van der Waals surface area (Å²) in [6.45, 7) is 0. The Morgan fingerprint density at radius 1 is 1.13 bits per heavy atom. The van der Waals surface area contributed by atoms with Crippen molar-refractivity contribution in [1.29, 1.82) is 0 Å². The first kappa shape index (κ1) is 9.86. The van der Waals surface area contributed by atoms with E-state index in [4.69, 9.17) is 0 Å². The van der Waals surface area contributed by atoms with Crippen molar-refractivity contribution in [3.05, 3.63) is 33.8 Å². The third-order valence-corrected chi connectivity index (χ3v) is 4.22. The van der Waals surface area contributed by atoms with Crippen molar-refractivity contribution in [3.8, 4) is 0 Å². The van der Waals surface area contributed by atoms with Crippen LogP contribution in [0.3, 0.4) is 0 Å². The summed E-state index contributed by atoms with van der Waals surface area (Å²) in [5.41, 5.74) is 3.07. The van der Waals surface area contributed by atoms with Crippen molar-refractivity contribution in [1.82, 2.24) is 5.32 Å². The zero-order chi connectivity index (χ0) is 10.3. The fraction of sp³-hybridized carbons (Fsp3) is 0.538. The molecular weight excluding hydrogens is 250 g/mol. The molecule has 0 bridgehead atoms. The Hall–Kier alpha value is -0.340. The number of hydrogen-bond donors (Lipinski definition) is 1. The molecule has 0 aromatic heterocycles. The lowest BCUT2D eigenvalue weighted by Gasteiger charge is -2.26. The van der Waals surface area contributed by atoms with E-state index in [0.29, 0.717) is 0 Å². The molecule has 2 heteroatoms. The monoisotopic (exact) mass is 265 g/mol. The second-order valence-corrected chi connectivity index (χ2v) is 5.61. The fourth-order valence-corrected chi connectivity index (χ4v) is 3.09. The third kappa shape index (κ3) is 2.11. The molecule has 1 saturated carbocycles. The summed E-state index contributed by atoms with van der Waals surface area (Å²) in [5, 5.41) is 3.74. The Balaban J connectivity index is 1.77. The van der Waals surface area contributed by atoms with E-state index >= 15 is 0 Å². The SMILES string of the molecule is Brc1cccc2c1CCC(NC1CC1)C2. The quantitative estimate of drug-likeness (QED) is 0.867. The summed E-state index contributed by atoms with van der Waals surface area (Å²) in [4.78, 5) is 0. The van der Waals surface area contributed by atoms with Crippen molar-refractivity contribution in [3.63, 3.8) is 0 Å². The first-order valence-corrected chi connectivity index (χ1v) is 6.64. The van der Waals surface area contributed by atoms with Gasteiger partial charge in [0, 0.05) is 16.6 Å². The Morgan fingerprint density at radius 2 is 2.00 bits per heavy atom. The van der Waals surface area contributed by atoms with Crippen molar-refractivity contribution in [2.45, 2.75) is 44.2 Å². The van der Waals surface area contributed by atoms with E-state index < -0.39 is 0 Å². The minimum Gasteiger partial charge on any atom is -0.311 e. The highest BCUT2D eigenvalue weighted by Gasteiger charge is 2.27. The summed E-state index contributed by atoms with van der Waals surface area (Å²) in [6.07, 6.45) is 6.52. The Bertz CT molecular complexity index is 371. The van der Waals surface area contributed by atoms with Crippen LogP contribution in [-0.2, 0) is 12.8 Å². The first-order valence-electron chi connectivity index (χ1n) is 5.85. The van der Waals surface area contributed by atoms with E-state index in [1.54, 1.807) is 0 Å². The molecule has 15 heavy (non-hydrogen) atoms. The molecule has 1 aromatic carbocycles. The van der Waals surface area contributed by atoms with Crippen LogP contribution in [0.5, 0.6) is 0 Å². The largest absolute Gasteiger partial charge is 0.311 e. The maximum Gasteiger partial charge on any atom is 0.0210 e. The van der Waals surface area contributed by atoms with E-state index in [2.05, 4.69) is 39.4 Å². The molecule has 0 aliphatic heterocycles. The molecule has 0 radical (unpaired) electrons. The highest BCUT2D eigenvalue weighted by Crippen LogP contribution is 2.29. The van der Waals surface area contributed by atoms with Gasteiger partial charge in [0.15, 0.2) is 0 Å². The van der Waals surface area contributed by atoms with Gasteiger partial charge in [-0.2, -0.15) is 0 Å². The lowest BCUT2D eigenvalue weighted by Crippen LogP contribution is -2.36. The standard InChI is InChI=1S/C13H16BrN/c14-13-3-1-2-9-8-11(6-7-12(9)13)15-10-4-5-10/h1-3,10-11,15H,4-8H2. The number of benzene rings is 1. The van der Waals surface area contributed by atoms with Gasteiger partial charge in [-0.15, -0.1) is 0 Å². The lowest BCUT2D eigenvalue weighted by atomic mass is 9.88. The first-order chi connectivity index (χ1) is 7.33. The van der Waals surface area contributed by atoms with Gasteiger partial charge in [0.2, 0.25) is 0 Å². The summed E-state index contributed by atoms with van der Waals surface area (Å²) < 4.78 is 1.30. The van der Waals surface area contributed by atoms with Gasteiger partial charge in [-0.1, -0.05) is 28.1 Å². The molecule has 0 heterocycles. The summed E-state index contributed by atoms with van der Waals surface area (Å²) in [6, 6.07) is 8.15. The van der Waals surface area contributed by atoms with Crippen LogP contribution in [0.15, 0.2) is 22.7 Å². The number of hydrogen-bond acceptors (Lipinski definition) is 1. The predicted octanol–water partition coefficient (Wildman–Crippen LogP) is 3.06. The van der Waals surface area contributed by atoms with Crippen LogP contribution in [0, 0.1) is 0 Å². The van der Waals surface area contributed by atoms with Crippen molar-refractivity contribution >= 4 is 15.9 Å². The normalized spacial score (nSPS) is 25.0. The van der Waals surface area contributed by atoms with E-state index in [1.807, 2.05) is 0 Å². The van der Waals surface area contributed by atoms with Crippen LogP contribution in [0.1, 0.15) is 30.4 Å². The minimum atomic E-state index is 0.722. The van der Waals surface area contributed by atoms with Crippen LogP contribution in [0.2, 0.25) is 0 Å². The topological polar surface area (TPSA) is 12.0 Å². The van der Waals surface area contributed by atoms with Crippen LogP contribution < -0.4 is 5.32 Å². The van der Waals surface area contributed by atoms with E-state index in [0.717, 1.165) is 12.1 Å². The molecule has 0 saturated heterocycles. The highest BCUT2D eigenvalue weighted by atomic mass is 79.9. The van der Waals surface area contributed by atoms with Crippen molar-refractivity contribution < 1.29 is 0 Å². The smallest absolute Gasteiger partial charge is 0.0210 e. The fourth-order valence-electron chi connectivity index (χ4n) is 2.49. The van der Waals surface area contributed by atoms with Crippen LogP contribution in [0.25, 0.3) is 0 Å². The van der Waals surface area contributed by atoms with Gasteiger partial charge in [-0.05, 0) is 49.3 Å². The number of fused-ring (bicyclic) bond motifs is 1. The van der Waals surface area contributed by atoms with E-state index in [9.17, 15) is 0 Å². The van der Waals surface area contributed by atoms with Gasteiger partial charge in [0.1, 0.15) is 0 Å². The zero-order valence-corrected chi connectivity index (χ0v) is 10.4. The zero-order valence-electron chi connectivity index (χ0n) is 8.80. The van der Waals surface area contributed by atoms with Gasteiger partial charge in [-0.3, -0.25) is 0 Å².